The lowest BCUT2D eigenvalue weighted by Gasteiger charge is -2.31. The van der Waals surface area contributed by atoms with Crippen LogP contribution in [0.1, 0.15) is 38.7 Å². The summed E-state index contributed by atoms with van der Waals surface area (Å²) in [4.78, 5) is 17.0. The molecule has 0 aromatic heterocycles. The Morgan fingerprint density at radius 2 is 2.14 bits per heavy atom. The van der Waals surface area contributed by atoms with Gasteiger partial charge in [0.15, 0.2) is 0 Å². The van der Waals surface area contributed by atoms with Crippen LogP contribution < -0.4 is 0 Å². The van der Waals surface area contributed by atoms with Crippen molar-refractivity contribution in [1.29, 1.82) is 0 Å². The molecule has 3 nitrogen and oxygen atoms in total. The van der Waals surface area contributed by atoms with E-state index in [1.54, 1.807) is 12.1 Å². The molecule has 2 saturated heterocycles. The van der Waals surface area contributed by atoms with Gasteiger partial charge in [0, 0.05) is 38.1 Å². The van der Waals surface area contributed by atoms with Gasteiger partial charge in [-0.05, 0) is 50.3 Å². The first-order valence-corrected chi connectivity index (χ1v) is 8.32. The van der Waals surface area contributed by atoms with Crippen molar-refractivity contribution in [2.75, 3.05) is 13.1 Å². The first kappa shape index (κ1) is 15.5. The Kier molecular flexibility index (Phi) is 4.48. The van der Waals surface area contributed by atoms with Gasteiger partial charge >= 0.3 is 0 Å². The number of benzene rings is 1. The zero-order chi connectivity index (χ0) is 15.7. The van der Waals surface area contributed by atoms with E-state index in [9.17, 15) is 9.18 Å². The molecule has 2 aliphatic rings. The summed E-state index contributed by atoms with van der Waals surface area (Å²) in [7, 11) is 0. The third-order valence-electron chi connectivity index (χ3n) is 5.09. The van der Waals surface area contributed by atoms with Crippen LogP contribution in [-0.2, 0) is 11.3 Å². The summed E-state index contributed by atoms with van der Waals surface area (Å²) < 4.78 is 13.4. The average Bonchev–Trinajstić information content (AvgIpc) is 2.83. The minimum atomic E-state index is -0.230. The molecule has 2 fully saturated rings. The maximum Gasteiger partial charge on any atom is 0.223 e. The molecule has 2 heterocycles. The van der Waals surface area contributed by atoms with E-state index in [0.29, 0.717) is 24.9 Å². The molecule has 1 amide bonds. The Morgan fingerprint density at radius 3 is 2.86 bits per heavy atom. The predicted octanol–water partition coefficient (Wildman–Crippen LogP) is 3.05. The normalized spacial score (nSPS) is 26.4. The highest BCUT2D eigenvalue weighted by molar-refractivity contribution is 5.77. The highest BCUT2D eigenvalue weighted by atomic mass is 19.1. The van der Waals surface area contributed by atoms with Crippen LogP contribution in [-0.4, -0.2) is 40.9 Å². The van der Waals surface area contributed by atoms with Crippen molar-refractivity contribution in [2.45, 2.75) is 51.7 Å². The standard InChI is InChI=1S/C18H25FN2O/c1-13(2)20-11-15-6-4-8-18(22)21(17(15)12-20)10-14-5-3-7-16(19)9-14/h3,5,7,9,13,15,17H,4,6,8,10-12H2,1-2H3/t15-,17+/m1/s1. The SMILES string of the molecule is CC(C)N1C[C@H]2CCCC(=O)N(Cc3cccc(F)c3)[C@H]2C1. The van der Waals surface area contributed by atoms with E-state index in [1.807, 2.05) is 11.0 Å². The first-order valence-electron chi connectivity index (χ1n) is 8.32. The number of hydrogen-bond donors (Lipinski definition) is 0. The Morgan fingerprint density at radius 1 is 1.32 bits per heavy atom. The summed E-state index contributed by atoms with van der Waals surface area (Å²) in [5, 5.41) is 0. The molecule has 1 aromatic rings. The number of likely N-dealkylation sites (tertiary alicyclic amines) is 2. The van der Waals surface area contributed by atoms with Gasteiger partial charge < -0.3 is 4.90 Å². The zero-order valence-corrected chi connectivity index (χ0v) is 13.5. The molecule has 3 rings (SSSR count). The summed E-state index contributed by atoms with van der Waals surface area (Å²) in [6, 6.07) is 7.42. The fourth-order valence-electron chi connectivity index (χ4n) is 3.83. The quantitative estimate of drug-likeness (QED) is 0.857. The molecular formula is C18H25FN2O. The van der Waals surface area contributed by atoms with E-state index < -0.39 is 0 Å². The fourth-order valence-corrected chi connectivity index (χ4v) is 3.83. The van der Waals surface area contributed by atoms with Gasteiger partial charge in [-0.2, -0.15) is 0 Å². The molecule has 0 saturated carbocycles. The molecule has 22 heavy (non-hydrogen) atoms. The number of fused-ring (bicyclic) bond motifs is 1. The van der Waals surface area contributed by atoms with Crippen molar-refractivity contribution in [3.8, 4) is 0 Å². The number of hydrogen-bond acceptors (Lipinski definition) is 2. The Balaban J connectivity index is 1.81. The number of carbonyl (C=O) groups is 1. The smallest absolute Gasteiger partial charge is 0.223 e. The molecule has 2 atom stereocenters. The number of carbonyl (C=O) groups excluding carboxylic acids is 1. The largest absolute Gasteiger partial charge is 0.334 e. The lowest BCUT2D eigenvalue weighted by atomic mass is 9.98. The van der Waals surface area contributed by atoms with E-state index in [0.717, 1.165) is 31.5 Å². The molecule has 0 aliphatic carbocycles. The Bertz CT molecular complexity index is 546. The minimum absolute atomic E-state index is 0.224. The van der Waals surface area contributed by atoms with Crippen LogP contribution in [0.3, 0.4) is 0 Å². The molecule has 0 spiro atoms. The van der Waals surface area contributed by atoms with Gasteiger partial charge in [0.05, 0.1) is 0 Å². The first-order chi connectivity index (χ1) is 10.5. The van der Waals surface area contributed by atoms with Crippen molar-refractivity contribution in [3.63, 3.8) is 0 Å². The van der Waals surface area contributed by atoms with Crippen molar-refractivity contribution in [2.24, 2.45) is 5.92 Å². The van der Waals surface area contributed by atoms with E-state index in [2.05, 4.69) is 18.7 Å². The lowest BCUT2D eigenvalue weighted by molar-refractivity contribution is -0.133. The van der Waals surface area contributed by atoms with Crippen molar-refractivity contribution < 1.29 is 9.18 Å². The van der Waals surface area contributed by atoms with Gasteiger partial charge in [-0.3, -0.25) is 9.69 Å². The Labute approximate surface area is 132 Å². The number of amides is 1. The van der Waals surface area contributed by atoms with Gasteiger partial charge in [-0.25, -0.2) is 4.39 Å². The second-order valence-corrected chi connectivity index (χ2v) is 6.92. The highest BCUT2D eigenvalue weighted by Crippen LogP contribution is 2.32. The maximum absolute atomic E-state index is 13.4. The van der Waals surface area contributed by atoms with Crippen LogP contribution in [0.4, 0.5) is 4.39 Å². The van der Waals surface area contributed by atoms with Crippen LogP contribution in [0.2, 0.25) is 0 Å². The molecule has 1 aromatic carbocycles. The average molecular weight is 304 g/mol. The summed E-state index contributed by atoms with van der Waals surface area (Å²) in [5.74, 6) is 0.552. The molecule has 2 aliphatic heterocycles. The van der Waals surface area contributed by atoms with Gasteiger partial charge in [-0.15, -0.1) is 0 Å². The van der Waals surface area contributed by atoms with Gasteiger partial charge in [-0.1, -0.05) is 12.1 Å². The number of nitrogens with zero attached hydrogens (tertiary/aromatic N) is 2. The van der Waals surface area contributed by atoms with Crippen molar-refractivity contribution in [3.05, 3.63) is 35.6 Å². The Hall–Kier alpha value is -1.42. The molecule has 4 heteroatoms. The third kappa shape index (κ3) is 3.17. The van der Waals surface area contributed by atoms with Crippen LogP contribution in [0, 0.1) is 11.7 Å². The van der Waals surface area contributed by atoms with Crippen LogP contribution >= 0.6 is 0 Å². The lowest BCUT2D eigenvalue weighted by Crippen LogP contribution is -2.43. The van der Waals surface area contributed by atoms with E-state index >= 15 is 0 Å². The van der Waals surface area contributed by atoms with Crippen molar-refractivity contribution in [1.82, 2.24) is 9.80 Å². The summed E-state index contributed by atoms with van der Waals surface area (Å²) in [6.45, 7) is 6.98. The summed E-state index contributed by atoms with van der Waals surface area (Å²) in [5.41, 5.74) is 0.886. The van der Waals surface area contributed by atoms with Crippen LogP contribution in [0.25, 0.3) is 0 Å². The molecule has 0 unspecified atom stereocenters. The molecular weight excluding hydrogens is 279 g/mol. The van der Waals surface area contributed by atoms with E-state index in [1.165, 1.54) is 6.07 Å². The second kappa shape index (κ2) is 6.37. The number of rotatable bonds is 3. The third-order valence-corrected chi connectivity index (χ3v) is 5.09. The van der Waals surface area contributed by atoms with E-state index in [4.69, 9.17) is 0 Å². The van der Waals surface area contributed by atoms with Crippen molar-refractivity contribution >= 4 is 5.91 Å². The molecule has 0 radical (unpaired) electrons. The highest BCUT2D eigenvalue weighted by Gasteiger charge is 2.40. The number of halogens is 1. The molecule has 120 valence electrons. The monoisotopic (exact) mass is 304 g/mol. The van der Waals surface area contributed by atoms with Gasteiger partial charge in [0.25, 0.3) is 0 Å². The predicted molar refractivity (Wildman–Crippen MR) is 84.8 cm³/mol. The zero-order valence-electron chi connectivity index (χ0n) is 13.5. The second-order valence-electron chi connectivity index (χ2n) is 6.92. The van der Waals surface area contributed by atoms with Gasteiger partial charge in [0.1, 0.15) is 5.82 Å². The van der Waals surface area contributed by atoms with Crippen LogP contribution in [0.5, 0.6) is 0 Å². The minimum Gasteiger partial charge on any atom is -0.334 e. The summed E-state index contributed by atoms with van der Waals surface area (Å²) >= 11 is 0. The fraction of sp³-hybridized carbons (Fsp3) is 0.611. The van der Waals surface area contributed by atoms with Crippen LogP contribution in [0.15, 0.2) is 24.3 Å². The molecule has 0 bridgehead atoms. The topological polar surface area (TPSA) is 23.6 Å². The molecule has 0 N–H and O–H groups in total. The van der Waals surface area contributed by atoms with E-state index in [-0.39, 0.29) is 17.8 Å². The maximum atomic E-state index is 13.4. The summed E-state index contributed by atoms with van der Waals surface area (Å²) in [6.07, 6.45) is 2.73. The van der Waals surface area contributed by atoms with Gasteiger partial charge in [0.2, 0.25) is 5.91 Å².